The van der Waals surface area contributed by atoms with Crippen LogP contribution < -0.4 is 5.32 Å². The summed E-state index contributed by atoms with van der Waals surface area (Å²) in [7, 11) is 0. The Balaban J connectivity index is 2.63. The Kier molecular flexibility index (Phi) is 4.38. The highest BCUT2D eigenvalue weighted by molar-refractivity contribution is 9.10. The maximum Gasteiger partial charge on any atom is 0.0942 e. The standard InChI is InChI=1S/C10H14BrNO2/c1-7-9(11)3-2-4-10(7)12-5-8(14)6-13/h2-4,8,12-14H,5-6H2,1H3. The van der Waals surface area contributed by atoms with E-state index >= 15 is 0 Å². The molecule has 4 heteroatoms. The molecule has 0 aromatic heterocycles. The van der Waals surface area contributed by atoms with Crippen molar-refractivity contribution in [1.29, 1.82) is 0 Å². The van der Waals surface area contributed by atoms with Gasteiger partial charge in [-0.25, -0.2) is 0 Å². The zero-order chi connectivity index (χ0) is 10.6. The van der Waals surface area contributed by atoms with Gasteiger partial charge in [0.25, 0.3) is 0 Å². The Morgan fingerprint density at radius 3 is 2.86 bits per heavy atom. The van der Waals surface area contributed by atoms with E-state index in [0.29, 0.717) is 6.54 Å². The van der Waals surface area contributed by atoms with Crippen LogP contribution in [0.1, 0.15) is 5.56 Å². The number of anilines is 1. The summed E-state index contributed by atoms with van der Waals surface area (Å²) >= 11 is 3.42. The third kappa shape index (κ3) is 2.97. The highest BCUT2D eigenvalue weighted by atomic mass is 79.9. The average molecular weight is 260 g/mol. The van der Waals surface area contributed by atoms with Gasteiger partial charge in [-0.15, -0.1) is 0 Å². The second-order valence-electron chi connectivity index (χ2n) is 3.13. The Morgan fingerprint density at radius 1 is 1.50 bits per heavy atom. The van der Waals surface area contributed by atoms with E-state index < -0.39 is 6.10 Å². The maximum absolute atomic E-state index is 9.16. The van der Waals surface area contributed by atoms with Crippen LogP contribution in [-0.4, -0.2) is 29.5 Å². The zero-order valence-electron chi connectivity index (χ0n) is 8.00. The van der Waals surface area contributed by atoms with Gasteiger partial charge in [0.15, 0.2) is 0 Å². The first-order chi connectivity index (χ1) is 6.65. The summed E-state index contributed by atoms with van der Waals surface area (Å²) in [6.45, 7) is 2.12. The molecule has 78 valence electrons. The van der Waals surface area contributed by atoms with Crippen molar-refractivity contribution in [3.8, 4) is 0 Å². The molecule has 1 aromatic rings. The van der Waals surface area contributed by atoms with Gasteiger partial charge in [0.1, 0.15) is 0 Å². The summed E-state index contributed by atoms with van der Waals surface area (Å²) in [5.74, 6) is 0. The molecule has 1 rings (SSSR count). The molecule has 14 heavy (non-hydrogen) atoms. The van der Waals surface area contributed by atoms with E-state index in [4.69, 9.17) is 10.2 Å². The van der Waals surface area contributed by atoms with Crippen LogP contribution in [0.5, 0.6) is 0 Å². The van der Waals surface area contributed by atoms with Crippen molar-refractivity contribution in [2.24, 2.45) is 0 Å². The Hall–Kier alpha value is -0.580. The first-order valence-corrected chi connectivity index (χ1v) is 5.22. The molecule has 1 aromatic carbocycles. The van der Waals surface area contributed by atoms with Crippen molar-refractivity contribution < 1.29 is 10.2 Å². The molecule has 1 atom stereocenters. The lowest BCUT2D eigenvalue weighted by Crippen LogP contribution is -2.23. The van der Waals surface area contributed by atoms with Gasteiger partial charge in [-0.05, 0) is 24.6 Å². The van der Waals surface area contributed by atoms with Gasteiger partial charge >= 0.3 is 0 Å². The lowest BCUT2D eigenvalue weighted by atomic mass is 10.2. The largest absolute Gasteiger partial charge is 0.394 e. The van der Waals surface area contributed by atoms with Crippen LogP contribution >= 0.6 is 15.9 Å². The average Bonchev–Trinajstić information content (AvgIpc) is 2.20. The van der Waals surface area contributed by atoms with Gasteiger partial charge in [0, 0.05) is 16.7 Å². The fraction of sp³-hybridized carbons (Fsp3) is 0.400. The van der Waals surface area contributed by atoms with Crippen LogP contribution in [0.25, 0.3) is 0 Å². The van der Waals surface area contributed by atoms with Crippen LogP contribution in [0.15, 0.2) is 22.7 Å². The number of halogens is 1. The molecule has 0 spiro atoms. The molecule has 1 unspecified atom stereocenters. The van der Waals surface area contributed by atoms with Crippen molar-refractivity contribution in [2.75, 3.05) is 18.5 Å². The number of hydrogen-bond donors (Lipinski definition) is 3. The quantitative estimate of drug-likeness (QED) is 0.769. The summed E-state index contributed by atoms with van der Waals surface area (Å²) in [5.41, 5.74) is 2.06. The second kappa shape index (κ2) is 5.34. The molecule has 0 aliphatic heterocycles. The van der Waals surface area contributed by atoms with E-state index in [1.54, 1.807) is 0 Å². The smallest absolute Gasteiger partial charge is 0.0942 e. The first-order valence-electron chi connectivity index (χ1n) is 4.43. The summed E-state index contributed by atoms with van der Waals surface area (Å²) in [6.07, 6.45) is -0.714. The Morgan fingerprint density at radius 2 is 2.21 bits per heavy atom. The summed E-state index contributed by atoms with van der Waals surface area (Å²) in [6, 6.07) is 5.82. The summed E-state index contributed by atoms with van der Waals surface area (Å²) in [5, 5.41) is 20.9. The molecule has 0 fully saturated rings. The predicted molar refractivity (Wildman–Crippen MR) is 60.5 cm³/mol. The molecule has 0 amide bonds. The van der Waals surface area contributed by atoms with Crippen molar-refractivity contribution in [3.05, 3.63) is 28.2 Å². The number of rotatable bonds is 4. The molecular weight excluding hydrogens is 246 g/mol. The van der Waals surface area contributed by atoms with Gasteiger partial charge in [0.2, 0.25) is 0 Å². The maximum atomic E-state index is 9.16. The Labute approximate surface area is 91.9 Å². The van der Waals surface area contributed by atoms with Crippen molar-refractivity contribution in [2.45, 2.75) is 13.0 Å². The fourth-order valence-electron chi connectivity index (χ4n) is 1.09. The van der Waals surface area contributed by atoms with E-state index in [9.17, 15) is 0 Å². The van der Waals surface area contributed by atoms with Crippen LogP contribution in [0.4, 0.5) is 5.69 Å². The first kappa shape index (κ1) is 11.5. The molecule has 3 nitrogen and oxygen atoms in total. The van der Waals surface area contributed by atoms with Gasteiger partial charge < -0.3 is 15.5 Å². The third-order valence-electron chi connectivity index (χ3n) is 2.01. The number of benzene rings is 1. The highest BCUT2D eigenvalue weighted by Crippen LogP contribution is 2.23. The van der Waals surface area contributed by atoms with Gasteiger partial charge in [-0.3, -0.25) is 0 Å². The van der Waals surface area contributed by atoms with E-state index in [2.05, 4.69) is 21.2 Å². The molecule has 0 saturated carbocycles. The van der Waals surface area contributed by atoms with E-state index in [1.165, 1.54) is 0 Å². The Bertz CT molecular complexity index is 304. The number of aliphatic hydroxyl groups is 2. The van der Waals surface area contributed by atoms with Crippen LogP contribution in [-0.2, 0) is 0 Å². The van der Waals surface area contributed by atoms with Gasteiger partial charge in [-0.2, -0.15) is 0 Å². The molecule has 3 N–H and O–H groups in total. The number of hydrogen-bond acceptors (Lipinski definition) is 3. The monoisotopic (exact) mass is 259 g/mol. The zero-order valence-corrected chi connectivity index (χ0v) is 9.58. The minimum atomic E-state index is -0.714. The highest BCUT2D eigenvalue weighted by Gasteiger charge is 2.04. The minimum absolute atomic E-state index is 0.222. The van der Waals surface area contributed by atoms with Crippen molar-refractivity contribution in [3.63, 3.8) is 0 Å². The minimum Gasteiger partial charge on any atom is -0.394 e. The SMILES string of the molecule is Cc1c(Br)cccc1NCC(O)CO. The molecule has 0 bridgehead atoms. The molecule has 0 aliphatic carbocycles. The van der Waals surface area contributed by atoms with Crippen molar-refractivity contribution in [1.82, 2.24) is 0 Å². The van der Waals surface area contributed by atoms with Crippen LogP contribution in [0, 0.1) is 6.92 Å². The lowest BCUT2D eigenvalue weighted by Gasteiger charge is -2.13. The second-order valence-corrected chi connectivity index (χ2v) is 3.98. The van der Waals surface area contributed by atoms with Crippen LogP contribution in [0.3, 0.4) is 0 Å². The fourth-order valence-corrected chi connectivity index (χ4v) is 1.46. The topological polar surface area (TPSA) is 52.5 Å². The van der Waals surface area contributed by atoms with E-state index in [0.717, 1.165) is 15.7 Å². The molecule has 0 saturated heterocycles. The predicted octanol–water partition coefficient (Wildman–Crippen LogP) is 1.52. The molecule has 0 radical (unpaired) electrons. The normalized spacial score (nSPS) is 12.6. The van der Waals surface area contributed by atoms with E-state index in [-0.39, 0.29) is 6.61 Å². The van der Waals surface area contributed by atoms with Gasteiger partial charge in [-0.1, -0.05) is 22.0 Å². The third-order valence-corrected chi connectivity index (χ3v) is 2.87. The van der Waals surface area contributed by atoms with Crippen molar-refractivity contribution >= 4 is 21.6 Å². The van der Waals surface area contributed by atoms with Crippen LogP contribution in [0.2, 0.25) is 0 Å². The molecule has 0 aliphatic rings. The molecular formula is C10H14BrNO2. The summed E-state index contributed by atoms with van der Waals surface area (Å²) < 4.78 is 1.03. The molecule has 0 heterocycles. The van der Waals surface area contributed by atoms with Gasteiger partial charge in [0.05, 0.1) is 12.7 Å². The number of aliphatic hydroxyl groups excluding tert-OH is 2. The van der Waals surface area contributed by atoms with E-state index in [1.807, 2.05) is 25.1 Å². The number of nitrogens with one attached hydrogen (secondary N) is 1. The lowest BCUT2D eigenvalue weighted by molar-refractivity contribution is 0.105. The summed E-state index contributed by atoms with van der Waals surface area (Å²) in [4.78, 5) is 0.